The fraction of sp³-hybridized carbons (Fsp3) is 0.316. The van der Waals surface area contributed by atoms with Crippen molar-refractivity contribution in [3.05, 3.63) is 64.0 Å². The molecule has 0 aliphatic carbocycles. The number of non-ortho nitro benzene ring substituents is 1. The summed E-state index contributed by atoms with van der Waals surface area (Å²) in [7, 11) is -2.47. The number of methoxy groups -OCH3 is 1. The van der Waals surface area contributed by atoms with Gasteiger partial charge in [-0.1, -0.05) is 0 Å². The van der Waals surface area contributed by atoms with Crippen molar-refractivity contribution < 1.29 is 27.3 Å². The summed E-state index contributed by atoms with van der Waals surface area (Å²) in [5.74, 6) is -0.810. The average Bonchev–Trinajstić information content (AvgIpc) is 3.00. The lowest BCUT2D eigenvalue weighted by Crippen LogP contribution is -2.37. The van der Waals surface area contributed by atoms with E-state index in [4.69, 9.17) is 4.74 Å². The Hall–Kier alpha value is -3.05. The van der Waals surface area contributed by atoms with Gasteiger partial charge in [0.1, 0.15) is 11.6 Å². The van der Waals surface area contributed by atoms with Gasteiger partial charge < -0.3 is 9.64 Å². The maximum absolute atomic E-state index is 13.1. The predicted octanol–water partition coefficient (Wildman–Crippen LogP) is 2.28. The van der Waals surface area contributed by atoms with E-state index in [-0.39, 0.29) is 48.1 Å². The number of nitro benzene ring substituents is 1. The number of halogens is 1. The van der Waals surface area contributed by atoms with Crippen molar-refractivity contribution in [2.24, 2.45) is 0 Å². The van der Waals surface area contributed by atoms with Crippen molar-refractivity contribution in [1.82, 2.24) is 9.21 Å². The molecule has 0 aromatic heterocycles. The van der Waals surface area contributed by atoms with E-state index in [1.807, 2.05) is 0 Å². The van der Waals surface area contributed by atoms with Crippen molar-refractivity contribution in [2.45, 2.75) is 11.3 Å². The van der Waals surface area contributed by atoms with Gasteiger partial charge in [-0.2, -0.15) is 4.31 Å². The molecule has 1 heterocycles. The monoisotopic (exact) mass is 437 g/mol. The third-order valence-corrected chi connectivity index (χ3v) is 6.73. The molecule has 30 heavy (non-hydrogen) atoms. The molecule has 2 aromatic carbocycles. The number of ether oxygens (including phenoxy) is 1. The first kappa shape index (κ1) is 21.7. The summed E-state index contributed by atoms with van der Waals surface area (Å²) < 4.78 is 45.2. The Labute approximate surface area is 172 Å². The molecule has 1 saturated heterocycles. The zero-order valence-corrected chi connectivity index (χ0v) is 17.0. The molecule has 1 fully saturated rings. The molecule has 1 amide bonds. The molecule has 0 spiro atoms. The van der Waals surface area contributed by atoms with Crippen LogP contribution in [0.4, 0.5) is 10.1 Å². The number of hydrogen-bond acceptors (Lipinski definition) is 6. The standard InChI is InChI=1S/C19H20FN3O6S/c1-29-18-8-5-15(23(25)26)13-17(18)19(24)21-9-2-10-22(12-11-21)30(27,28)16-6-3-14(20)4-7-16/h3-8,13H,2,9-12H2,1H3. The highest BCUT2D eigenvalue weighted by Crippen LogP contribution is 2.26. The van der Waals surface area contributed by atoms with Gasteiger partial charge in [0, 0.05) is 38.3 Å². The molecule has 3 rings (SSSR count). The topological polar surface area (TPSA) is 110 Å². The lowest BCUT2D eigenvalue weighted by atomic mass is 10.1. The van der Waals surface area contributed by atoms with Gasteiger partial charge >= 0.3 is 0 Å². The van der Waals surface area contributed by atoms with Crippen molar-refractivity contribution in [3.8, 4) is 5.75 Å². The Bertz CT molecular complexity index is 1060. The van der Waals surface area contributed by atoms with E-state index in [2.05, 4.69) is 0 Å². The van der Waals surface area contributed by atoms with Crippen LogP contribution in [0.1, 0.15) is 16.8 Å². The lowest BCUT2D eigenvalue weighted by Gasteiger charge is -2.22. The first-order valence-corrected chi connectivity index (χ1v) is 10.6. The molecule has 2 aromatic rings. The number of nitro groups is 1. The van der Waals surface area contributed by atoms with Crippen LogP contribution < -0.4 is 4.74 Å². The zero-order chi connectivity index (χ0) is 21.9. The van der Waals surface area contributed by atoms with Crippen LogP contribution >= 0.6 is 0 Å². The minimum atomic E-state index is -3.83. The Kier molecular flexibility index (Phi) is 6.32. The van der Waals surface area contributed by atoms with Crippen LogP contribution in [-0.2, 0) is 10.0 Å². The van der Waals surface area contributed by atoms with Gasteiger partial charge in [0.15, 0.2) is 0 Å². The summed E-state index contributed by atoms with van der Waals surface area (Å²) in [5.41, 5.74) is -0.198. The number of amides is 1. The number of rotatable bonds is 5. The second kappa shape index (κ2) is 8.76. The fourth-order valence-electron chi connectivity index (χ4n) is 3.24. The summed E-state index contributed by atoms with van der Waals surface area (Å²) in [6.07, 6.45) is 0.378. The highest BCUT2D eigenvalue weighted by Gasteiger charge is 2.30. The summed E-state index contributed by atoms with van der Waals surface area (Å²) in [6.45, 7) is 0.615. The van der Waals surface area contributed by atoms with E-state index in [1.165, 1.54) is 40.6 Å². The molecule has 0 bridgehead atoms. The molecule has 9 nitrogen and oxygen atoms in total. The fourth-order valence-corrected chi connectivity index (χ4v) is 4.71. The molecule has 0 unspecified atom stereocenters. The molecule has 0 saturated carbocycles. The van der Waals surface area contributed by atoms with Crippen LogP contribution in [0, 0.1) is 15.9 Å². The summed E-state index contributed by atoms with van der Waals surface area (Å²) >= 11 is 0. The first-order chi connectivity index (χ1) is 14.2. The quantitative estimate of drug-likeness (QED) is 0.524. The molecule has 0 atom stereocenters. The number of hydrogen-bond donors (Lipinski definition) is 0. The van der Waals surface area contributed by atoms with Crippen molar-refractivity contribution in [2.75, 3.05) is 33.3 Å². The molecule has 160 valence electrons. The molecule has 0 N–H and O–H groups in total. The van der Waals surface area contributed by atoms with Gasteiger partial charge in [0.25, 0.3) is 11.6 Å². The van der Waals surface area contributed by atoms with Gasteiger partial charge in [-0.15, -0.1) is 0 Å². The number of carbonyl (C=O) groups excluding carboxylic acids is 1. The van der Waals surface area contributed by atoms with Crippen molar-refractivity contribution in [3.63, 3.8) is 0 Å². The number of benzene rings is 2. The van der Waals surface area contributed by atoms with Gasteiger partial charge in [-0.25, -0.2) is 12.8 Å². The van der Waals surface area contributed by atoms with Crippen LogP contribution in [0.5, 0.6) is 5.75 Å². The smallest absolute Gasteiger partial charge is 0.270 e. The third kappa shape index (κ3) is 4.41. The van der Waals surface area contributed by atoms with Gasteiger partial charge in [0.05, 0.1) is 22.5 Å². The SMILES string of the molecule is COc1ccc([N+](=O)[O-])cc1C(=O)N1CCCN(S(=O)(=O)c2ccc(F)cc2)CC1. The van der Waals surface area contributed by atoms with Crippen molar-refractivity contribution >= 4 is 21.6 Å². The van der Waals surface area contributed by atoms with E-state index in [0.29, 0.717) is 6.42 Å². The molecule has 1 aliphatic heterocycles. The maximum atomic E-state index is 13.1. The Balaban J connectivity index is 1.80. The van der Waals surface area contributed by atoms with E-state index in [9.17, 15) is 27.7 Å². The molecule has 1 aliphatic rings. The maximum Gasteiger partial charge on any atom is 0.270 e. The van der Waals surface area contributed by atoms with Crippen LogP contribution in [0.3, 0.4) is 0 Å². The Morgan fingerprint density at radius 3 is 2.43 bits per heavy atom. The number of sulfonamides is 1. The largest absolute Gasteiger partial charge is 0.496 e. The van der Waals surface area contributed by atoms with E-state index in [0.717, 1.165) is 18.2 Å². The van der Waals surface area contributed by atoms with Crippen LogP contribution in [-0.4, -0.2) is 61.7 Å². The van der Waals surface area contributed by atoms with Crippen molar-refractivity contribution in [1.29, 1.82) is 0 Å². The van der Waals surface area contributed by atoms with Gasteiger partial charge in [0.2, 0.25) is 10.0 Å². The summed E-state index contributed by atoms with van der Waals surface area (Å²) in [4.78, 5) is 24.9. The average molecular weight is 437 g/mol. The van der Waals surface area contributed by atoms with Crippen LogP contribution in [0.15, 0.2) is 47.4 Å². The highest BCUT2D eigenvalue weighted by atomic mass is 32.2. The Morgan fingerprint density at radius 1 is 1.10 bits per heavy atom. The predicted molar refractivity (Wildman–Crippen MR) is 105 cm³/mol. The summed E-state index contributed by atoms with van der Waals surface area (Å²) in [5, 5.41) is 11.1. The van der Waals surface area contributed by atoms with Crippen LogP contribution in [0.25, 0.3) is 0 Å². The van der Waals surface area contributed by atoms with E-state index >= 15 is 0 Å². The Morgan fingerprint density at radius 2 is 1.80 bits per heavy atom. The first-order valence-electron chi connectivity index (χ1n) is 9.11. The number of nitrogens with zero attached hydrogens (tertiary/aromatic N) is 3. The van der Waals surface area contributed by atoms with E-state index in [1.54, 1.807) is 0 Å². The molecule has 11 heteroatoms. The normalized spacial score (nSPS) is 15.5. The minimum Gasteiger partial charge on any atom is -0.496 e. The van der Waals surface area contributed by atoms with E-state index < -0.39 is 26.7 Å². The third-order valence-electron chi connectivity index (χ3n) is 4.82. The van der Waals surface area contributed by atoms with Gasteiger partial charge in [-0.05, 0) is 36.8 Å². The highest BCUT2D eigenvalue weighted by molar-refractivity contribution is 7.89. The van der Waals surface area contributed by atoms with Gasteiger partial charge in [-0.3, -0.25) is 14.9 Å². The zero-order valence-electron chi connectivity index (χ0n) is 16.2. The molecular weight excluding hydrogens is 417 g/mol. The summed E-state index contributed by atoms with van der Waals surface area (Å²) in [6, 6.07) is 8.31. The molecule has 0 radical (unpaired) electrons. The van der Waals surface area contributed by atoms with Crippen LogP contribution in [0.2, 0.25) is 0 Å². The lowest BCUT2D eigenvalue weighted by molar-refractivity contribution is -0.384. The molecular formula is C19H20FN3O6S. The second-order valence-electron chi connectivity index (χ2n) is 6.65. The number of carbonyl (C=O) groups is 1. The minimum absolute atomic E-state index is 0.0240. The second-order valence-corrected chi connectivity index (χ2v) is 8.58.